The van der Waals surface area contributed by atoms with Crippen molar-refractivity contribution in [2.24, 2.45) is 0 Å². The summed E-state index contributed by atoms with van der Waals surface area (Å²) in [5.74, 6) is 2.46. The monoisotopic (exact) mass is 440 g/mol. The molecule has 0 saturated heterocycles. The number of carbonyl (C=O) groups is 1. The van der Waals surface area contributed by atoms with Gasteiger partial charge in [-0.05, 0) is 24.3 Å². The first kappa shape index (κ1) is 22.2. The highest BCUT2D eigenvalue weighted by molar-refractivity contribution is 7.99. The van der Waals surface area contributed by atoms with Gasteiger partial charge < -0.3 is 19.5 Å². The average molecular weight is 441 g/mol. The van der Waals surface area contributed by atoms with E-state index in [2.05, 4.69) is 22.1 Å². The van der Waals surface area contributed by atoms with E-state index >= 15 is 0 Å². The molecule has 1 amide bonds. The molecule has 0 spiro atoms. The third kappa shape index (κ3) is 5.18. The molecule has 0 aliphatic carbocycles. The van der Waals surface area contributed by atoms with E-state index in [1.165, 1.54) is 18.9 Å². The lowest BCUT2D eigenvalue weighted by atomic mass is 10.2. The van der Waals surface area contributed by atoms with Gasteiger partial charge in [0.1, 0.15) is 17.2 Å². The Balaban J connectivity index is 1.75. The maximum Gasteiger partial charge on any atom is 0.234 e. The topological polar surface area (TPSA) is 87.5 Å². The van der Waals surface area contributed by atoms with Gasteiger partial charge in [0.2, 0.25) is 5.91 Å². The van der Waals surface area contributed by atoms with Crippen molar-refractivity contribution in [3.8, 4) is 28.6 Å². The maximum atomic E-state index is 12.5. The molecular formula is C22H24N4O4S. The molecule has 0 bridgehead atoms. The highest BCUT2D eigenvalue weighted by Gasteiger charge is 2.18. The van der Waals surface area contributed by atoms with Crippen molar-refractivity contribution in [2.45, 2.75) is 11.7 Å². The van der Waals surface area contributed by atoms with Crippen LogP contribution in [0.3, 0.4) is 0 Å². The van der Waals surface area contributed by atoms with Gasteiger partial charge in [-0.1, -0.05) is 30.0 Å². The first-order chi connectivity index (χ1) is 15.1. The molecule has 9 heteroatoms. The minimum Gasteiger partial charge on any atom is -0.497 e. The molecule has 162 valence electrons. The van der Waals surface area contributed by atoms with Gasteiger partial charge >= 0.3 is 0 Å². The van der Waals surface area contributed by atoms with Crippen LogP contribution in [0.1, 0.15) is 0 Å². The number of nitrogens with zero attached hydrogens (tertiary/aromatic N) is 3. The van der Waals surface area contributed by atoms with Gasteiger partial charge in [0.05, 0.1) is 38.3 Å². The summed E-state index contributed by atoms with van der Waals surface area (Å²) in [4.78, 5) is 12.5. The predicted molar refractivity (Wildman–Crippen MR) is 121 cm³/mol. The summed E-state index contributed by atoms with van der Waals surface area (Å²) < 4.78 is 17.9. The zero-order valence-electron chi connectivity index (χ0n) is 17.6. The van der Waals surface area contributed by atoms with Crippen LogP contribution < -0.4 is 19.5 Å². The molecule has 2 aromatic carbocycles. The Morgan fingerprint density at radius 3 is 2.58 bits per heavy atom. The predicted octanol–water partition coefficient (Wildman–Crippen LogP) is 3.89. The van der Waals surface area contributed by atoms with Gasteiger partial charge in [-0.2, -0.15) is 0 Å². The summed E-state index contributed by atoms with van der Waals surface area (Å²) in [6.45, 7) is 4.31. The number of hydrogen-bond donors (Lipinski definition) is 1. The Morgan fingerprint density at radius 2 is 1.87 bits per heavy atom. The van der Waals surface area contributed by atoms with Crippen molar-refractivity contribution in [1.29, 1.82) is 0 Å². The summed E-state index contributed by atoms with van der Waals surface area (Å²) >= 11 is 1.29. The molecule has 3 aromatic rings. The number of para-hydroxylation sites is 1. The van der Waals surface area contributed by atoms with E-state index in [1.807, 2.05) is 28.8 Å². The van der Waals surface area contributed by atoms with Gasteiger partial charge in [-0.3, -0.25) is 9.36 Å². The zero-order chi connectivity index (χ0) is 22.2. The second kappa shape index (κ2) is 10.5. The standard InChI is InChI=1S/C22H24N4O4S/c1-5-12-26-21(16-8-6-7-9-18(16)29-3)24-25-22(26)31-14-20(27)23-17-11-10-15(28-2)13-19(17)30-4/h5-11,13H,1,12,14H2,2-4H3,(H,23,27). The number of hydrogen-bond acceptors (Lipinski definition) is 7. The largest absolute Gasteiger partial charge is 0.497 e. The minimum absolute atomic E-state index is 0.149. The molecule has 3 rings (SSSR count). The quantitative estimate of drug-likeness (QED) is 0.378. The summed E-state index contributed by atoms with van der Waals surface area (Å²) in [5.41, 5.74) is 1.38. The van der Waals surface area contributed by atoms with Crippen LogP contribution in [0.2, 0.25) is 0 Å². The van der Waals surface area contributed by atoms with Crippen LogP contribution in [0.25, 0.3) is 11.4 Å². The third-order valence-electron chi connectivity index (χ3n) is 4.39. The molecule has 0 radical (unpaired) electrons. The lowest BCUT2D eigenvalue weighted by Gasteiger charge is -2.12. The van der Waals surface area contributed by atoms with Crippen LogP contribution in [-0.4, -0.2) is 47.8 Å². The number of aromatic nitrogens is 3. The van der Waals surface area contributed by atoms with Gasteiger partial charge in [0.15, 0.2) is 11.0 Å². The van der Waals surface area contributed by atoms with E-state index in [-0.39, 0.29) is 11.7 Å². The van der Waals surface area contributed by atoms with E-state index in [4.69, 9.17) is 14.2 Å². The van der Waals surface area contributed by atoms with E-state index in [1.54, 1.807) is 38.5 Å². The van der Waals surface area contributed by atoms with Gasteiger partial charge in [-0.15, -0.1) is 16.8 Å². The Morgan fingerprint density at radius 1 is 1.10 bits per heavy atom. The number of allylic oxidation sites excluding steroid dienone is 1. The van der Waals surface area contributed by atoms with Crippen molar-refractivity contribution in [2.75, 3.05) is 32.4 Å². The van der Waals surface area contributed by atoms with Crippen LogP contribution in [0.5, 0.6) is 17.2 Å². The summed E-state index contributed by atoms with van der Waals surface area (Å²) in [6.07, 6.45) is 1.76. The van der Waals surface area contributed by atoms with Gasteiger partial charge in [0.25, 0.3) is 0 Å². The Bertz CT molecular complexity index is 1070. The van der Waals surface area contributed by atoms with Crippen LogP contribution >= 0.6 is 11.8 Å². The lowest BCUT2D eigenvalue weighted by Crippen LogP contribution is -2.15. The van der Waals surface area contributed by atoms with E-state index in [0.29, 0.717) is 40.5 Å². The van der Waals surface area contributed by atoms with Crippen LogP contribution in [-0.2, 0) is 11.3 Å². The minimum atomic E-state index is -0.194. The third-order valence-corrected chi connectivity index (χ3v) is 5.36. The second-order valence-electron chi connectivity index (χ2n) is 6.31. The average Bonchev–Trinajstić information content (AvgIpc) is 3.20. The van der Waals surface area contributed by atoms with Crippen molar-refractivity contribution >= 4 is 23.4 Å². The molecule has 0 aliphatic heterocycles. The van der Waals surface area contributed by atoms with E-state index in [0.717, 1.165) is 5.56 Å². The number of rotatable bonds is 10. The Labute approximate surface area is 185 Å². The van der Waals surface area contributed by atoms with E-state index in [9.17, 15) is 4.79 Å². The van der Waals surface area contributed by atoms with Gasteiger partial charge in [0, 0.05) is 12.6 Å². The van der Waals surface area contributed by atoms with Crippen molar-refractivity contribution in [3.63, 3.8) is 0 Å². The fourth-order valence-corrected chi connectivity index (χ4v) is 3.68. The summed E-state index contributed by atoms with van der Waals surface area (Å²) in [6, 6.07) is 12.8. The molecule has 8 nitrogen and oxygen atoms in total. The maximum absolute atomic E-state index is 12.5. The second-order valence-corrected chi connectivity index (χ2v) is 7.25. The molecule has 0 atom stereocenters. The molecule has 0 saturated carbocycles. The summed E-state index contributed by atoms with van der Waals surface area (Å²) in [5, 5.41) is 12.1. The Kier molecular flexibility index (Phi) is 7.55. The molecule has 31 heavy (non-hydrogen) atoms. The van der Waals surface area contributed by atoms with Gasteiger partial charge in [-0.25, -0.2) is 0 Å². The molecule has 1 aromatic heterocycles. The fourth-order valence-electron chi connectivity index (χ4n) is 2.94. The smallest absolute Gasteiger partial charge is 0.234 e. The number of nitrogens with one attached hydrogen (secondary N) is 1. The SMILES string of the molecule is C=CCn1c(SCC(=O)Nc2ccc(OC)cc2OC)nnc1-c1ccccc1OC. The molecular weight excluding hydrogens is 416 g/mol. The first-order valence-electron chi connectivity index (χ1n) is 9.43. The van der Waals surface area contributed by atoms with Crippen LogP contribution in [0.4, 0.5) is 5.69 Å². The Hall–Kier alpha value is -3.46. The highest BCUT2D eigenvalue weighted by atomic mass is 32.2. The molecule has 0 aliphatic rings. The number of ether oxygens (including phenoxy) is 3. The number of methoxy groups -OCH3 is 3. The number of carbonyl (C=O) groups excluding carboxylic acids is 1. The van der Waals surface area contributed by atoms with Crippen molar-refractivity contribution < 1.29 is 19.0 Å². The first-order valence-corrected chi connectivity index (χ1v) is 10.4. The zero-order valence-corrected chi connectivity index (χ0v) is 18.4. The molecule has 0 unspecified atom stereocenters. The van der Waals surface area contributed by atoms with Crippen LogP contribution in [0.15, 0.2) is 60.3 Å². The molecule has 1 N–H and O–H groups in total. The normalized spacial score (nSPS) is 10.4. The highest BCUT2D eigenvalue weighted by Crippen LogP contribution is 2.32. The fraction of sp³-hybridized carbons (Fsp3) is 0.227. The number of thioether (sulfide) groups is 1. The number of benzene rings is 2. The van der Waals surface area contributed by atoms with Crippen LogP contribution in [0, 0.1) is 0 Å². The van der Waals surface area contributed by atoms with Crippen molar-refractivity contribution in [3.05, 3.63) is 55.1 Å². The molecule has 0 fully saturated rings. The van der Waals surface area contributed by atoms with E-state index < -0.39 is 0 Å². The summed E-state index contributed by atoms with van der Waals surface area (Å²) in [7, 11) is 4.72. The number of anilines is 1. The van der Waals surface area contributed by atoms with Crippen molar-refractivity contribution in [1.82, 2.24) is 14.8 Å². The molecule has 1 heterocycles. The lowest BCUT2D eigenvalue weighted by molar-refractivity contribution is -0.113. The number of amides is 1.